The molecule has 0 aliphatic rings. The van der Waals surface area contributed by atoms with Gasteiger partial charge in [0.05, 0.1) is 114 Å². The van der Waals surface area contributed by atoms with Crippen LogP contribution in [-0.4, -0.2) is 60.7 Å². The highest BCUT2D eigenvalue weighted by atomic mass is 35.5. The zero-order chi connectivity index (χ0) is 81.6. The summed E-state index contributed by atoms with van der Waals surface area (Å²) >= 11 is 33.5. The molecule has 6 aromatic carbocycles. The van der Waals surface area contributed by atoms with Crippen molar-refractivity contribution < 1.29 is 0 Å². The Hall–Kier alpha value is -11.1. The first kappa shape index (κ1) is 110. The molecule has 117 heavy (non-hydrogen) atoms. The Morgan fingerprint density at radius 1 is 0.316 bits per heavy atom. The lowest BCUT2D eigenvalue weighted by atomic mass is 10.0. The van der Waals surface area contributed by atoms with Crippen LogP contribution >= 0.6 is 144 Å². The van der Waals surface area contributed by atoms with Gasteiger partial charge in [-0.3, -0.25) is 46.1 Å². The summed E-state index contributed by atoms with van der Waals surface area (Å²) in [6.45, 7) is 0. The number of nitrogens with one attached hydrogen (secondary N) is 3. The lowest BCUT2D eigenvalue weighted by Crippen LogP contribution is -2.18. The van der Waals surface area contributed by atoms with Crippen LogP contribution in [0, 0.1) is 84.2 Å². The number of para-hydroxylation sites is 2. The molecule has 0 unspecified atom stereocenters. The SMILES string of the molecule is Cl.Cl.Cl.N.N.N.N#CCc1c(CCl)ccc2ncccc12.N#CCc1c(CCl)cnc2ccccc12.N#CCc1c(CCl)ncc2ccccc12.N#CCc1c(CSC(=N)N)ccc2ncccc12.N#CCc1c(CSC(=N)N)cnc2ccccc12.N#CCc1c(CSC(=N)N)ncc2ccccc12.NC(N)=S.NC(N)=S.NC(N)=S. The first-order valence-electron chi connectivity index (χ1n) is 32.5. The zero-order valence-electron chi connectivity index (χ0n) is 62.8. The standard InChI is InChI=1S/3C13H12N4S.3C12H9ClN2.3CH4N2S.3ClH.3H3N/c14-6-5-10-9(8-18-13(15)16)3-4-12-11(10)2-1-7-17-12;14-6-5-10-9(8-18-13(15)16)7-17-12-4-2-1-3-11(10)12;14-6-5-11-10-4-2-1-3-9(10)7-17-12(11)8-18-13(15)16;13-8-9-3-4-12-11(2-1-7-15-12)10(9)5-6-14;13-7-9-8-15-12-4-2-1-3-11(12)10(9)5-6-14;13-7-12-11(5-6-14)10-4-2-1-3-9(10)8-15-12;3*2-1(3)4;;;;;;/h3*1-4,7H,5,8H2,(H3,15,16);1-4,7H,5,8H2;2*1-4,8H,5,7H2;3*(H4,2,3,4);3*1H;3*1H3. The van der Waals surface area contributed by atoms with Crippen LogP contribution in [0.3, 0.4) is 0 Å². The van der Waals surface area contributed by atoms with Crippen molar-refractivity contribution in [2.75, 3.05) is 0 Å². The van der Waals surface area contributed by atoms with Crippen LogP contribution in [0.2, 0.25) is 0 Å². The Labute approximate surface area is 741 Å². The van der Waals surface area contributed by atoms with E-state index in [0.717, 1.165) is 132 Å². The first-order chi connectivity index (χ1) is 53.4. The van der Waals surface area contributed by atoms with E-state index in [1.54, 1.807) is 37.2 Å². The van der Waals surface area contributed by atoms with Gasteiger partial charge in [0.2, 0.25) is 0 Å². The topological polar surface area (TPSA) is 631 Å². The van der Waals surface area contributed by atoms with Crippen molar-refractivity contribution in [3.05, 3.63) is 250 Å². The number of benzene rings is 6. The van der Waals surface area contributed by atoms with Gasteiger partial charge in [-0.1, -0.05) is 144 Å². The minimum Gasteiger partial charge on any atom is -0.379 e. The molecule has 27 nitrogen and oxygen atoms in total. The molecule has 0 radical (unpaired) electrons. The highest BCUT2D eigenvalue weighted by Gasteiger charge is 2.14. The summed E-state index contributed by atoms with van der Waals surface area (Å²) in [5, 5.41) is 83.3. The molecular weight excluding hydrogens is 1720 g/mol. The van der Waals surface area contributed by atoms with Gasteiger partial charge in [0.15, 0.2) is 30.8 Å². The summed E-state index contributed by atoms with van der Waals surface area (Å²) in [5.41, 5.74) is 58.8. The molecule has 0 bridgehead atoms. The number of rotatable bonds is 15. The average Bonchev–Trinajstić information content (AvgIpc) is 0.846. The van der Waals surface area contributed by atoms with E-state index in [1.165, 1.54) is 35.3 Å². The van der Waals surface area contributed by atoms with Gasteiger partial charge < -0.3 is 70.1 Å². The fourth-order valence-corrected chi connectivity index (χ4v) is 12.8. The third-order valence-electron chi connectivity index (χ3n) is 15.0. The lowest BCUT2D eigenvalue weighted by Gasteiger charge is -2.09. The first-order valence-corrected chi connectivity index (χ1v) is 38.3. The summed E-state index contributed by atoms with van der Waals surface area (Å²) in [6.07, 6.45) is 12.7. The summed E-state index contributed by atoms with van der Waals surface area (Å²) in [4.78, 5) is 25.8. The van der Waals surface area contributed by atoms with Crippen molar-refractivity contribution in [2.24, 2.45) is 51.6 Å². The zero-order valence-corrected chi connectivity index (χ0v) is 72.4. The Balaban J connectivity index is -0.00000128. The van der Waals surface area contributed by atoms with E-state index in [9.17, 15) is 0 Å². The molecule has 612 valence electrons. The predicted molar refractivity (Wildman–Crippen MR) is 504 cm³/mol. The van der Waals surface area contributed by atoms with E-state index in [0.29, 0.717) is 73.4 Å². The number of thiocarbonyl (C=S) groups is 3. The van der Waals surface area contributed by atoms with Gasteiger partial charge in [-0.2, -0.15) is 31.6 Å². The van der Waals surface area contributed by atoms with Crippen molar-refractivity contribution in [1.82, 2.24) is 48.4 Å². The lowest BCUT2D eigenvalue weighted by molar-refractivity contribution is 1.11. The highest BCUT2D eigenvalue weighted by molar-refractivity contribution is 8.13. The fourth-order valence-electron chi connectivity index (χ4n) is 10.4. The van der Waals surface area contributed by atoms with E-state index in [-0.39, 0.29) is 86.5 Å². The molecule has 12 rings (SSSR count). The number of nitrogens with two attached hydrogens (primary N) is 9. The molecule has 0 aliphatic heterocycles. The van der Waals surface area contributed by atoms with Crippen LogP contribution in [0.15, 0.2) is 183 Å². The third-order valence-corrected chi connectivity index (χ3v) is 18.1. The number of amidine groups is 3. The van der Waals surface area contributed by atoms with Gasteiger partial charge in [0, 0.05) is 98.5 Å². The quantitative estimate of drug-likeness (QED) is 0.0196. The van der Waals surface area contributed by atoms with Crippen LogP contribution in [0.25, 0.3) is 65.2 Å². The van der Waals surface area contributed by atoms with Gasteiger partial charge in [0.25, 0.3) is 0 Å². The number of alkyl halides is 3. The van der Waals surface area contributed by atoms with Crippen molar-refractivity contribution in [2.45, 2.75) is 73.4 Å². The number of nitriles is 6. The average molecular weight is 1810 g/mol. The maximum Gasteiger partial charge on any atom is 0.160 e. The van der Waals surface area contributed by atoms with Crippen LogP contribution in [0.5, 0.6) is 0 Å². The monoisotopic (exact) mass is 1800 g/mol. The van der Waals surface area contributed by atoms with Crippen molar-refractivity contribution in [3.63, 3.8) is 0 Å². The molecule has 0 amide bonds. The Kier molecular flexibility index (Phi) is 57.6. The number of thioether (sulfide) groups is 3. The molecule has 6 heterocycles. The number of hydrogen-bond donors (Lipinski definition) is 15. The number of hydrogen-bond acceptors (Lipinski definition) is 24. The van der Waals surface area contributed by atoms with Crippen molar-refractivity contribution in [1.29, 1.82) is 47.8 Å². The van der Waals surface area contributed by atoms with E-state index in [1.807, 2.05) is 146 Å². The van der Waals surface area contributed by atoms with Crippen molar-refractivity contribution >= 4 is 240 Å². The maximum absolute atomic E-state index is 8.94. The second-order valence-corrected chi connectivity index (χ2v) is 27.5. The normalized spacial score (nSPS) is 9.21. The van der Waals surface area contributed by atoms with E-state index in [4.69, 9.17) is 99.8 Å². The molecule has 12 aromatic rings. The number of aromatic nitrogens is 6. The predicted octanol–water partition coefficient (Wildman–Crippen LogP) is 15.7. The second-order valence-electron chi connectivity index (χ2n) is 22.2. The van der Waals surface area contributed by atoms with Gasteiger partial charge >= 0.3 is 0 Å². The smallest absolute Gasteiger partial charge is 0.160 e. The van der Waals surface area contributed by atoms with Crippen molar-refractivity contribution in [3.8, 4) is 36.4 Å². The molecule has 0 atom stereocenters. The van der Waals surface area contributed by atoms with Gasteiger partial charge in [-0.15, -0.1) is 72.0 Å². The molecule has 6 aromatic heterocycles. The summed E-state index contributed by atoms with van der Waals surface area (Å²) < 4.78 is 0. The Morgan fingerprint density at radius 2 is 0.598 bits per heavy atom. The molecule has 0 spiro atoms. The summed E-state index contributed by atoms with van der Waals surface area (Å²) in [7, 11) is 0. The van der Waals surface area contributed by atoms with E-state index < -0.39 is 0 Å². The fraction of sp³-hybridized carbons (Fsp3) is 0.154. The third kappa shape index (κ3) is 37.6. The summed E-state index contributed by atoms with van der Waals surface area (Å²) in [5.74, 6) is 2.89. The minimum absolute atomic E-state index is 0. The Bertz CT molecular complexity index is 4970. The Morgan fingerprint density at radius 3 is 0.974 bits per heavy atom. The molecule has 39 heteroatoms. The molecule has 30 N–H and O–H groups in total. The molecule has 0 fully saturated rings. The largest absolute Gasteiger partial charge is 0.379 e. The van der Waals surface area contributed by atoms with Crippen LogP contribution in [-0.2, 0) is 73.4 Å². The molecule has 0 saturated heterocycles. The maximum atomic E-state index is 8.94. The van der Waals surface area contributed by atoms with Crippen LogP contribution in [0.1, 0.15) is 67.0 Å². The van der Waals surface area contributed by atoms with E-state index >= 15 is 0 Å². The number of pyridine rings is 6. The van der Waals surface area contributed by atoms with Gasteiger partial charge in [-0.05, 0) is 139 Å². The number of nitrogens with zero attached hydrogens (tertiary/aromatic N) is 12. The number of fused-ring (bicyclic) bond motifs is 6. The molecule has 0 aliphatic carbocycles. The highest BCUT2D eigenvalue weighted by Crippen LogP contribution is 2.29. The molecular formula is C78H87Cl6N27S6. The van der Waals surface area contributed by atoms with Crippen LogP contribution in [0.4, 0.5) is 0 Å². The molecule has 0 saturated carbocycles. The second kappa shape index (κ2) is 61.3. The van der Waals surface area contributed by atoms with Gasteiger partial charge in [-0.25, -0.2) is 0 Å². The van der Waals surface area contributed by atoms with Crippen LogP contribution < -0.4 is 70.1 Å². The minimum atomic E-state index is 0. The number of halogens is 6. The van der Waals surface area contributed by atoms with Gasteiger partial charge in [0.1, 0.15) is 0 Å². The summed E-state index contributed by atoms with van der Waals surface area (Å²) in [6, 6.07) is 59.8. The van der Waals surface area contributed by atoms with E-state index in [2.05, 4.69) is 137 Å².